The molecule has 7 heteroatoms. The third-order valence-electron chi connectivity index (χ3n) is 4.29. The van der Waals surface area contributed by atoms with Crippen LogP contribution < -0.4 is 15.0 Å². The Morgan fingerprint density at radius 1 is 1.21 bits per heavy atom. The fourth-order valence-corrected chi connectivity index (χ4v) is 2.88. The lowest BCUT2D eigenvalue weighted by Gasteiger charge is -2.30. The zero-order valence-electron chi connectivity index (χ0n) is 16.2. The van der Waals surface area contributed by atoms with Crippen LogP contribution in [-0.4, -0.2) is 38.1 Å². The summed E-state index contributed by atoms with van der Waals surface area (Å²) < 4.78 is 24.1. The Labute approximate surface area is 168 Å². The van der Waals surface area contributed by atoms with Crippen LogP contribution in [0.15, 0.2) is 54.3 Å². The van der Waals surface area contributed by atoms with Crippen LogP contribution in [0.5, 0.6) is 5.75 Å². The van der Waals surface area contributed by atoms with Crippen molar-refractivity contribution in [2.45, 2.75) is 13.3 Å². The van der Waals surface area contributed by atoms with E-state index in [0.717, 1.165) is 0 Å². The number of halogens is 1. The molecule has 3 rings (SSSR count). The minimum absolute atomic E-state index is 0.0689. The van der Waals surface area contributed by atoms with Gasteiger partial charge in [-0.15, -0.1) is 0 Å². The van der Waals surface area contributed by atoms with Gasteiger partial charge in [-0.3, -0.25) is 14.5 Å². The molecule has 1 N–H and O–H groups in total. The molecule has 152 valence electrons. The van der Waals surface area contributed by atoms with Crippen molar-refractivity contribution >= 4 is 23.6 Å². The van der Waals surface area contributed by atoms with Crippen LogP contribution >= 0.6 is 0 Å². The number of ether oxygens (including phenoxy) is 2. The molecule has 0 bridgehead atoms. The van der Waals surface area contributed by atoms with Crippen molar-refractivity contribution in [3.63, 3.8) is 0 Å². The Kier molecular flexibility index (Phi) is 6.97. The molecule has 0 radical (unpaired) electrons. The number of fused-ring (bicyclic) bond motifs is 1. The SMILES string of the molecule is CCOCCCNC(=O)CN1C(=O)/C(=C\c2ccc(F)cc2)Oc2ccccc21. The summed E-state index contributed by atoms with van der Waals surface area (Å²) in [4.78, 5) is 26.7. The maximum absolute atomic E-state index is 13.1. The van der Waals surface area contributed by atoms with Gasteiger partial charge in [-0.2, -0.15) is 0 Å². The average molecular weight is 398 g/mol. The first-order valence-electron chi connectivity index (χ1n) is 9.49. The first-order valence-corrected chi connectivity index (χ1v) is 9.49. The largest absolute Gasteiger partial charge is 0.449 e. The Bertz CT molecular complexity index is 896. The second-order valence-corrected chi connectivity index (χ2v) is 6.42. The van der Waals surface area contributed by atoms with E-state index in [4.69, 9.17) is 9.47 Å². The molecular formula is C22H23FN2O4. The topological polar surface area (TPSA) is 67.9 Å². The lowest BCUT2D eigenvalue weighted by Crippen LogP contribution is -2.44. The van der Waals surface area contributed by atoms with Crippen molar-refractivity contribution in [1.29, 1.82) is 0 Å². The van der Waals surface area contributed by atoms with E-state index in [1.54, 1.807) is 36.4 Å². The standard InChI is InChI=1S/C22H23FN2O4/c1-2-28-13-5-12-24-21(26)15-25-18-6-3-4-7-19(18)29-20(22(25)27)14-16-8-10-17(23)11-9-16/h3-4,6-11,14H,2,5,12-13,15H2,1H3,(H,24,26)/b20-14+. The zero-order valence-corrected chi connectivity index (χ0v) is 16.2. The number of para-hydroxylation sites is 2. The molecule has 0 spiro atoms. The van der Waals surface area contributed by atoms with E-state index in [9.17, 15) is 14.0 Å². The number of nitrogens with zero attached hydrogens (tertiary/aromatic N) is 1. The number of nitrogens with one attached hydrogen (secondary N) is 1. The fraction of sp³-hybridized carbons (Fsp3) is 0.273. The molecule has 29 heavy (non-hydrogen) atoms. The first kappa shape index (κ1) is 20.5. The van der Waals surface area contributed by atoms with Gasteiger partial charge in [-0.1, -0.05) is 24.3 Å². The van der Waals surface area contributed by atoms with Gasteiger partial charge in [0, 0.05) is 19.8 Å². The molecule has 0 aliphatic carbocycles. The summed E-state index contributed by atoms with van der Waals surface area (Å²) in [6.45, 7) is 3.46. The molecule has 1 aliphatic rings. The highest BCUT2D eigenvalue weighted by Gasteiger charge is 2.31. The summed E-state index contributed by atoms with van der Waals surface area (Å²) >= 11 is 0. The highest BCUT2D eigenvalue weighted by atomic mass is 19.1. The van der Waals surface area contributed by atoms with Gasteiger partial charge in [-0.25, -0.2) is 4.39 Å². The second kappa shape index (κ2) is 9.84. The summed E-state index contributed by atoms with van der Waals surface area (Å²) in [6.07, 6.45) is 2.23. The average Bonchev–Trinajstić information content (AvgIpc) is 2.72. The van der Waals surface area contributed by atoms with Gasteiger partial charge in [0.25, 0.3) is 5.91 Å². The van der Waals surface area contributed by atoms with E-state index >= 15 is 0 Å². The van der Waals surface area contributed by atoms with Gasteiger partial charge in [-0.05, 0) is 49.2 Å². The van der Waals surface area contributed by atoms with Crippen LogP contribution in [0.25, 0.3) is 6.08 Å². The first-order chi connectivity index (χ1) is 14.1. The molecule has 2 aromatic carbocycles. The van der Waals surface area contributed by atoms with Gasteiger partial charge in [0.05, 0.1) is 5.69 Å². The summed E-state index contributed by atoms with van der Waals surface area (Å²) in [7, 11) is 0. The fourth-order valence-electron chi connectivity index (χ4n) is 2.88. The molecule has 1 aliphatic heterocycles. The van der Waals surface area contributed by atoms with E-state index in [1.807, 2.05) is 6.92 Å². The number of benzene rings is 2. The van der Waals surface area contributed by atoms with E-state index in [2.05, 4.69) is 5.32 Å². The maximum Gasteiger partial charge on any atom is 0.294 e. The van der Waals surface area contributed by atoms with Gasteiger partial charge in [0.2, 0.25) is 5.91 Å². The van der Waals surface area contributed by atoms with Gasteiger partial charge in [0.15, 0.2) is 11.5 Å². The maximum atomic E-state index is 13.1. The predicted octanol–water partition coefficient (Wildman–Crippen LogP) is 3.14. The van der Waals surface area contributed by atoms with Crippen molar-refractivity contribution in [3.8, 4) is 5.75 Å². The molecule has 0 saturated carbocycles. The molecule has 0 fully saturated rings. The van der Waals surface area contributed by atoms with E-state index in [-0.39, 0.29) is 24.0 Å². The van der Waals surface area contributed by atoms with Gasteiger partial charge < -0.3 is 14.8 Å². The normalized spacial score (nSPS) is 14.5. The third-order valence-corrected chi connectivity index (χ3v) is 4.29. The number of rotatable bonds is 8. The highest BCUT2D eigenvalue weighted by molar-refractivity contribution is 6.12. The number of carbonyl (C=O) groups is 2. The van der Waals surface area contributed by atoms with Crippen molar-refractivity contribution < 1.29 is 23.5 Å². The monoisotopic (exact) mass is 398 g/mol. The highest BCUT2D eigenvalue weighted by Crippen LogP contribution is 2.35. The van der Waals surface area contributed by atoms with Crippen LogP contribution in [-0.2, 0) is 14.3 Å². The van der Waals surface area contributed by atoms with Gasteiger partial charge in [0.1, 0.15) is 12.4 Å². The van der Waals surface area contributed by atoms with E-state index in [0.29, 0.717) is 43.2 Å². The minimum Gasteiger partial charge on any atom is -0.449 e. The lowest BCUT2D eigenvalue weighted by atomic mass is 10.1. The van der Waals surface area contributed by atoms with Crippen molar-refractivity contribution in [3.05, 3.63) is 65.7 Å². The van der Waals surface area contributed by atoms with Gasteiger partial charge >= 0.3 is 0 Å². The Balaban J connectivity index is 1.75. The number of hydrogen-bond donors (Lipinski definition) is 1. The van der Waals surface area contributed by atoms with E-state index in [1.165, 1.54) is 23.1 Å². The van der Waals surface area contributed by atoms with Crippen LogP contribution in [0.3, 0.4) is 0 Å². The molecule has 2 amide bonds. The number of hydrogen-bond acceptors (Lipinski definition) is 4. The summed E-state index contributed by atoms with van der Waals surface area (Å²) in [5.74, 6) is -0.523. The zero-order chi connectivity index (χ0) is 20.6. The van der Waals surface area contributed by atoms with Crippen LogP contribution in [0.2, 0.25) is 0 Å². The number of amides is 2. The Hall–Kier alpha value is -3.19. The molecule has 2 aromatic rings. The molecule has 0 saturated heterocycles. The Morgan fingerprint density at radius 3 is 2.72 bits per heavy atom. The van der Waals surface area contributed by atoms with Crippen molar-refractivity contribution in [1.82, 2.24) is 5.32 Å². The molecular weight excluding hydrogens is 375 g/mol. The second-order valence-electron chi connectivity index (χ2n) is 6.42. The number of carbonyl (C=O) groups excluding carboxylic acids is 2. The van der Waals surface area contributed by atoms with Crippen LogP contribution in [0, 0.1) is 5.82 Å². The lowest BCUT2D eigenvalue weighted by molar-refractivity contribution is -0.123. The smallest absolute Gasteiger partial charge is 0.294 e. The molecule has 0 aromatic heterocycles. The Morgan fingerprint density at radius 2 is 1.97 bits per heavy atom. The van der Waals surface area contributed by atoms with Crippen molar-refractivity contribution in [2.75, 3.05) is 31.2 Å². The summed E-state index contributed by atoms with van der Waals surface area (Å²) in [5.41, 5.74) is 1.15. The van der Waals surface area contributed by atoms with Crippen LogP contribution in [0.4, 0.5) is 10.1 Å². The van der Waals surface area contributed by atoms with E-state index < -0.39 is 5.91 Å². The minimum atomic E-state index is -0.433. The molecule has 0 unspecified atom stereocenters. The molecule has 0 atom stereocenters. The molecule has 1 heterocycles. The van der Waals surface area contributed by atoms with Crippen molar-refractivity contribution in [2.24, 2.45) is 0 Å². The van der Waals surface area contributed by atoms with Crippen LogP contribution in [0.1, 0.15) is 18.9 Å². The predicted molar refractivity (Wildman–Crippen MR) is 108 cm³/mol. The summed E-state index contributed by atoms with van der Waals surface area (Å²) in [5, 5.41) is 2.80. The number of anilines is 1. The quantitative estimate of drug-likeness (QED) is 0.548. The third kappa shape index (κ3) is 5.42. The molecule has 6 nitrogen and oxygen atoms in total. The summed E-state index contributed by atoms with van der Waals surface area (Å²) in [6, 6.07) is 12.7.